The summed E-state index contributed by atoms with van der Waals surface area (Å²) in [6.45, 7) is 5.13. The number of carbonyl (C=O) groups excluding carboxylic acids is 2. The van der Waals surface area contributed by atoms with E-state index in [9.17, 15) is 14.4 Å². The number of esters is 2. The summed E-state index contributed by atoms with van der Waals surface area (Å²) in [5.74, 6) is -2.12. The van der Waals surface area contributed by atoms with Crippen LogP contribution in [0.2, 0.25) is 0 Å². The van der Waals surface area contributed by atoms with Gasteiger partial charge in [0.2, 0.25) is 0 Å². The van der Waals surface area contributed by atoms with Gasteiger partial charge < -0.3 is 19.3 Å². The van der Waals surface area contributed by atoms with Gasteiger partial charge in [0.1, 0.15) is 19.0 Å². The Morgan fingerprint density at radius 1 is 1.08 bits per heavy atom. The smallest absolute Gasteiger partial charge is 0.339 e. The number of ether oxygens (including phenoxy) is 3. The maximum atomic E-state index is 12.1. The molecule has 7 nitrogen and oxygen atoms in total. The van der Waals surface area contributed by atoms with Crippen molar-refractivity contribution in [3.05, 3.63) is 29.3 Å². The zero-order valence-electron chi connectivity index (χ0n) is 14.3. The highest BCUT2D eigenvalue weighted by molar-refractivity contribution is 6.02. The van der Waals surface area contributed by atoms with E-state index in [1.807, 2.05) is 6.92 Å². The third-order valence-corrected chi connectivity index (χ3v) is 3.66. The van der Waals surface area contributed by atoms with Gasteiger partial charge in [-0.1, -0.05) is 6.92 Å². The highest BCUT2D eigenvalue weighted by Crippen LogP contribution is 2.21. The summed E-state index contributed by atoms with van der Waals surface area (Å²) in [5.41, 5.74) is -0.917. The van der Waals surface area contributed by atoms with Gasteiger partial charge in [0, 0.05) is 0 Å². The van der Waals surface area contributed by atoms with Gasteiger partial charge in [-0.05, 0) is 38.5 Å². The molecular weight excluding hydrogens is 316 g/mol. The third kappa shape index (κ3) is 4.97. The normalized spacial score (nSPS) is 10.8. The molecule has 0 spiro atoms. The highest BCUT2D eigenvalue weighted by atomic mass is 16.6. The predicted octanol–water partition coefficient (Wildman–Crippen LogP) is 2.53. The Morgan fingerprint density at radius 3 is 2.25 bits per heavy atom. The van der Waals surface area contributed by atoms with E-state index in [1.54, 1.807) is 13.8 Å². The van der Waals surface area contributed by atoms with E-state index < -0.39 is 17.4 Å². The minimum Gasteiger partial charge on any atom is -0.497 e. The van der Waals surface area contributed by atoms with E-state index in [-0.39, 0.29) is 30.3 Å². The van der Waals surface area contributed by atoms with Gasteiger partial charge >= 0.3 is 17.9 Å². The molecule has 0 aliphatic heterocycles. The lowest BCUT2D eigenvalue weighted by molar-refractivity contribution is -0.155. The molecule has 1 rings (SSSR count). The van der Waals surface area contributed by atoms with Crippen molar-refractivity contribution in [1.82, 2.24) is 0 Å². The van der Waals surface area contributed by atoms with Gasteiger partial charge in [-0.15, -0.1) is 0 Å². The van der Waals surface area contributed by atoms with E-state index in [1.165, 1.54) is 25.3 Å². The molecule has 0 amide bonds. The van der Waals surface area contributed by atoms with Crippen LogP contribution in [0.3, 0.4) is 0 Å². The molecule has 0 aliphatic carbocycles. The number of hydrogen-bond donors (Lipinski definition) is 1. The van der Waals surface area contributed by atoms with Crippen molar-refractivity contribution in [3.63, 3.8) is 0 Å². The first kappa shape index (κ1) is 19.5. The Labute approximate surface area is 140 Å². The molecule has 0 fully saturated rings. The minimum absolute atomic E-state index is 0.0968. The lowest BCUT2D eigenvalue weighted by Crippen LogP contribution is -2.27. The molecule has 0 saturated heterocycles. The summed E-state index contributed by atoms with van der Waals surface area (Å²) in [4.78, 5) is 35.0. The van der Waals surface area contributed by atoms with Crippen LogP contribution in [0, 0.1) is 5.41 Å². The lowest BCUT2D eigenvalue weighted by Gasteiger charge is -2.20. The maximum Gasteiger partial charge on any atom is 0.339 e. The summed E-state index contributed by atoms with van der Waals surface area (Å²) < 4.78 is 15.0. The molecule has 0 aliphatic rings. The van der Waals surface area contributed by atoms with E-state index in [4.69, 9.17) is 19.3 Å². The van der Waals surface area contributed by atoms with Crippen molar-refractivity contribution in [3.8, 4) is 5.75 Å². The molecule has 0 saturated carbocycles. The van der Waals surface area contributed by atoms with Gasteiger partial charge in [-0.25, -0.2) is 9.59 Å². The van der Waals surface area contributed by atoms with Crippen LogP contribution in [0.4, 0.5) is 0 Å². The Kier molecular flexibility index (Phi) is 6.76. The van der Waals surface area contributed by atoms with Gasteiger partial charge in [0.15, 0.2) is 0 Å². The third-order valence-electron chi connectivity index (χ3n) is 3.66. The summed E-state index contributed by atoms with van der Waals surface area (Å²) in [6.07, 6.45) is 0.622. The Morgan fingerprint density at radius 2 is 1.71 bits per heavy atom. The first-order chi connectivity index (χ1) is 11.2. The fourth-order valence-electron chi connectivity index (χ4n) is 1.69. The zero-order valence-corrected chi connectivity index (χ0v) is 14.3. The van der Waals surface area contributed by atoms with Crippen LogP contribution >= 0.6 is 0 Å². The second-order valence-corrected chi connectivity index (χ2v) is 5.73. The van der Waals surface area contributed by atoms with Crippen molar-refractivity contribution in [2.45, 2.75) is 27.2 Å². The Hall–Kier alpha value is -2.57. The van der Waals surface area contributed by atoms with Crippen LogP contribution in [0.25, 0.3) is 0 Å². The fourth-order valence-corrected chi connectivity index (χ4v) is 1.69. The molecule has 1 N–H and O–H groups in total. The van der Waals surface area contributed by atoms with E-state index in [0.29, 0.717) is 12.2 Å². The second-order valence-electron chi connectivity index (χ2n) is 5.73. The minimum atomic E-state index is -1.25. The Balaban J connectivity index is 2.66. The molecule has 0 aromatic heterocycles. The molecule has 132 valence electrons. The molecule has 24 heavy (non-hydrogen) atoms. The topological polar surface area (TPSA) is 99.1 Å². The number of carboxylic acid groups (broad SMARTS) is 1. The monoisotopic (exact) mass is 338 g/mol. The largest absolute Gasteiger partial charge is 0.497 e. The molecule has 0 bridgehead atoms. The standard InChI is InChI=1S/C17H22O7/c1-5-17(2,3)16(21)24-9-8-23-15(20)13-10-11(22-4)6-7-12(13)14(18)19/h6-7,10H,5,8-9H2,1-4H3,(H,18,19). The molecule has 0 atom stereocenters. The van der Waals surface area contributed by atoms with E-state index in [0.717, 1.165) is 0 Å². The number of hydrogen-bond acceptors (Lipinski definition) is 6. The lowest BCUT2D eigenvalue weighted by atomic mass is 9.91. The first-order valence-electron chi connectivity index (χ1n) is 7.48. The van der Waals surface area contributed by atoms with Crippen molar-refractivity contribution in [2.75, 3.05) is 20.3 Å². The van der Waals surface area contributed by atoms with Crippen LogP contribution in [0.5, 0.6) is 5.75 Å². The van der Waals surface area contributed by atoms with Gasteiger partial charge in [0.05, 0.1) is 23.7 Å². The molecule has 0 heterocycles. The quantitative estimate of drug-likeness (QED) is 0.574. The van der Waals surface area contributed by atoms with Crippen molar-refractivity contribution in [2.24, 2.45) is 5.41 Å². The van der Waals surface area contributed by atoms with Crippen molar-refractivity contribution in [1.29, 1.82) is 0 Å². The fraction of sp³-hybridized carbons (Fsp3) is 0.471. The van der Waals surface area contributed by atoms with Crippen molar-refractivity contribution >= 4 is 17.9 Å². The molecule has 0 radical (unpaired) electrons. The highest BCUT2D eigenvalue weighted by Gasteiger charge is 2.27. The van der Waals surface area contributed by atoms with Crippen LogP contribution in [0.15, 0.2) is 18.2 Å². The number of benzene rings is 1. The summed E-state index contributed by atoms with van der Waals surface area (Å²) in [5, 5.41) is 9.12. The number of carboxylic acids is 1. The van der Waals surface area contributed by atoms with Crippen LogP contribution < -0.4 is 4.74 Å². The van der Waals surface area contributed by atoms with Crippen LogP contribution in [0.1, 0.15) is 47.9 Å². The molecule has 1 aromatic rings. The Bertz CT molecular complexity index is 619. The number of methoxy groups -OCH3 is 1. The second kappa shape index (κ2) is 8.33. The zero-order chi connectivity index (χ0) is 18.3. The summed E-state index contributed by atoms with van der Waals surface area (Å²) in [6, 6.07) is 3.99. The molecular formula is C17H22O7. The number of aromatic carboxylic acids is 1. The number of carbonyl (C=O) groups is 3. The first-order valence-corrected chi connectivity index (χ1v) is 7.48. The predicted molar refractivity (Wildman–Crippen MR) is 85.3 cm³/mol. The molecule has 7 heteroatoms. The van der Waals surface area contributed by atoms with Gasteiger partial charge in [-0.2, -0.15) is 0 Å². The summed E-state index contributed by atoms with van der Waals surface area (Å²) in [7, 11) is 1.40. The van der Waals surface area contributed by atoms with Crippen molar-refractivity contribution < 1.29 is 33.7 Å². The average Bonchev–Trinajstić information content (AvgIpc) is 2.57. The number of rotatable bonds is 8. The maximum absolute atomic E-state index is 12.1. The van der Waals surface area contributed by atoms with Gasteiger partial charge in [-0.3, -0.25) is 4.79 Å². The van der Waals surface area contributed by atoms with Gasteiger partial charge in [0.25, 0.3) is 0 Å². The molecule has 0 unspecified atom stereocenters. The average molecular weight is 338 g/mol. The van der Waals surface area contributed by atoms with E-state index in [2.05, 4.69) is 0 Å². The van der Waals surface area contributed by atoms with Crippen LogP contribution in [-0.4, -0.2) is 43.3 Å². The van der Waals surface area contributed by atoms with E-state index >= 15 is 0 Å². The summed E-state index contributed by atoms with van der Waals surface area (Å²) >= 11 is 0. The molecule has 1 aromatic carbocycles. The van der Waals surface area contributed by atoms with Crippen LogP contribution in [-0.2, 0) is 14.3 Å². The SMILES string of the molecule is CCC(C)(C)C(=O)OCCOC(=O)c1cc(OC)ccc1C(=O)O.